The van der Waals surface area contributed by atoms with Gasteiger partial charge in [0.05, 0.1) is 0 Å². The van der Waals surface area contributed by atoms with Gasteiger partial charge in [0.2, 0.25) is 0 Å². The predicted octanol–water partition coefficient (Wildman–Crippen LogP) is 16.2. The van der Waals surface area contributed by atoms with E-state index in [-0.39, 0.29) is 0 Å². The van der Waals surface area contributed by atoms with Crippen LogP contribution in [-0.4, -0.2) is 0 Å². The van der Waals surface area contributed by atoms with E-state index >= 15 is 0 Å². The summed E-state index contributed by atoms with van der Waals surface area (Å²) in [6.45, 7) is 2.14. The Kier molecular flexibility index (Phi) is 9.50. The van der Waals surface area contributed by atoms with Crippen LogP contribution in [-0.2, 0) is 0 Å². The molecule has 0 saturated heterocycles. The lowest BCUT2D eigenvalue weighted by atomic mass is 9.89. The number of furan rings is 1. The lowest BCUT2D eigenvalue weighted by molar-refractivity contribution is 0.629. The van der Waals surface area contributed by atoms with Gasteiger partial charge in [-0.05, 0) is 111 Å². The molecule has 1 aromatic heterocycles. The van der Waals surface area contributed by atoms with Gasteiger partial charge < -0.3 is 9.32 Å². The molecule has 59 heavy (non-hydrogen) atoms. The summed E-state index contributed by atoms with van der Waals surface area (Å²) < 4.78 is 6.34. The first-order valence-electron chi connectivity index (χ1n) is 20.2. The lowest BCUT2D eigenvalue weighted by Crippen LogP contribution is -2.09. The maximum absolute atomic E-state index is 6.34. The number of benzene rings is 9. The Morgan fingerprint density at radius 1 is 0.305 bits per heavy atom. The first-order chi connectivity index (χ1) is 29.2. The summed E-state index contributed by atoms with van der Waals surface area (Å²) in [4.78, 5) is 2.34. The number of rotatable bonds is 9. The first kappa shape index (κ1) is 35.7. The molecule has 0 aliphatic heterocycles. The first-order valence-corrected chi connectivity index (χ1v) is 20.2. The molecular formula is C57H41NO. The molecule has 2 heteroatoms. The van der Waals surface area contributed by atoms with Crippen molar-refractivity contribution in [3.63, 3.8) is 0 Å². The van der Waals surface area contributed by atoms with Crippen LogP contribution in [0.1, 0.15) is 5.56 Å². The molecule has 0 saturated carbocycles. The minimum absolute atomic E-state index is 0.914. The van der Waals surface area contributed by atoms with Crippen molar-refractivity contribution in [1.82, 2.24) is 0 Å². The highest BCUT2D eigenvalue weighted by Gasteiger charge is 2.17. The molecule has 0 unspecified atom stereocenters. The van der Waals surface area contributed by atoms with Crippen molar-refractivity contribution in [2.75, 3.05) is 4.90 Å². The average Bonchev–Trinajstić information content (AvgIpc) is 3.66. The summed E-state index contributed by atoms with van der Waals surface area (Å²) in [5.74, 6) is 0.918. The summed E-state index contributed by atoms with van der Waals surface area (Å²) in [6, 6.07) is 82.3. The van der Waals surface area contributed by atoms with Crippen molar-refractivity contribution in [2.45, 2.75) is 6.92 Å². The zero-order chi connectivity index (χ0) is 39.5. The third kappa shape index (κ3) is 7.03. The largest absolute Gasteiger partial charge is 0.456 e. The van der Waals surface area contributed by atoms with Crippen molar-refractivity contribution >= 4 is 28.0 Å². The summed E-state index contributed by atoms with van der Waals surface area (Å²) >= 11 is 0. The summed E-state index contributed by atoms with van der Waals surface area (Å²) in [5.41, 5.74) is 18.3. The quantitative estimate of drug-likeness (QED) is 0.146. The predicted molar refractivity (Wildman–Crippen MR) is 248 cm³/mol. The van der Waals surface area contributed by atoms with Gasteiger partial charge in [-0.25, -0.2) is 0 Å². The third-order valence-corrected chi connectivity index (χ3v) is 11.3. The number of nitrogens with zero attached hydrogens (tertiary/aromatic N) is 1. The Bertz CT molecular complexity index is 3020. The average molecular weight is 756 g/mol. The highest BCUT2D eigenvalue weighted by molar-refractivity contribution is 5.92. The molecule has 10 rings (SSSR count). The molecule has 0 fully saturated rings. The number of hydrogen-bond acceptors (Lipinski definition) is 2. The Morgan fingerprint density at radius 2 is 0.695 bits per heavy atom. The van der Waals surface area contributed by atoms with Crippen molar-refractivity contribution in [3.8, 4) is 67.0 Å². The van der Waals surface area contributed by atoms with Gasteiger partial charge in [-0.1, -0.05) is 182 Å². The van der Waals surface area contributed by atoms with Gasteiger partial charge in [-0.15, -0.1) is 0 Å². The zero-order valence-corrected chi connectivity index (χ0v) is 32.8. The van der Waals surface area contributed by atoms with Crippen LogP contribution in [0.5, 0.6) is 0 Å². The number of anilines is 3. The molecule has 1 heterocycles. The SMILES string of the molecule is Cc1c(-c2cccc(-c3ccc(N(c4ccc(-c5ccccc5)cc4)c4ccc(-c5ccccc5-c5ccccc5-c5ccccc5)cc4)cc3)c2)oc2ccccc12. The number of para-hydroxylation sites is 1. The smallest absolute Gasteiger partial charge is 0.138 e. The number of fused-ring (bicyclic) bond motifs is 1. The van der Waals surface area contributed by atoms with E-state index in [1.54, 1.807) is 0 Å². The van der Waals surface area contributed by atoms with E-state index < -0.39 is 0 Å². The fourth-order valence-electron chi connectivity index (χ4n) is 8.32. The Balaban J connectivity index is 1.01. The van der Waals surface area contributed by atoms with Crippen LogP contribution in [0.15, 0.2) is 235 Å². The molecule has 0 atom stereocenters. The Morgan fingerprint density at radius 3 is 1.25 bits per heavy atom. The third-order valence-electron chi connectivity index (χ3n) is 11.3. The maximum atomic E-state index is 6.34. The fourth-order valence-corrected chi connectivity index (χ4v) is 8.32. The molecule has 0 N–H and O–H groups in total. The van der Waals surface area contributed by atoms with Crippen LogP contribution in [0.2, 0.25) is 0 Å². The van der Waals surface area contributed by atoms with Crippen molar-refractivity contribution in [3.05, 3.63) is 236 Å². The van der Waals surface area contributed by atoms with Crippen LogP contribution in [0, 0.1) is 6.92 Å². The molecule has 0 aliphatic carbocycles. The normalized spacial score (nSPS) is 11.1. The van der Waals surface area contributed by atoms with E-state index in [2.05, 4.69) is 230 Å². The van der Waals surface area contributed by atoms with Gasteiger partial charge in [0, 0.05) is 33.6 Å². The second kappa shape index (κ2) is 15.7. The molecule has 0 radical (unpaired) electrons. The summed E-state index contributed by atoms with van der Waals surface area (Å²) in [5, 5.41) is 1.15. The topological polar surface area (TPSA) is 16.4 Å². The van der Waals surface area contributed by atoms with Crippen LogP contribution < -0.4 is 4.90 Å². The van der Waals surface area contributed by atoms with E-state index in [1.165, 1.54) is 44.5 Å². The van der Waals surface area contributed by atoms with Crippen molar-refractivity contribution in [1.29, 1.82) is 0 Å². The molecular weight excluding hydrogens is 715 g/mol. The van der Waals surface area contributed by atoms with Crippen LogP contribution in [0.4, 0.5) is 17.1 Å². The monoisotopic (exact) mass is 755 g/mol. The Hall–Kier alpha value is -7.68. The number of aryl methyl sites for hydroxylation is 1. The second-order valence-electron chi connectivity index (χ2n) is 14.9. The van der Waals surface area contributed by atoms with Gasteiger partial charge in [-0.3, -0.25) is 0 Å². The van der Waals surface area contributed by atoms with Crippen LogP contribution in [0.3, 0.4) is 0 Å². The highest BCUT2D eigenvalue weighted by atomic mass is 16.3. The van der Waals surface area contributed by atoms with E-state index in [0.29, 0.717) is 0 Å². The van der Waals surface area contributed by atoms with Crippen molar-refractivity contribution in [2.24, 2.45) is 0 Å². The minimum atomic E-state index is 0.914. The molecule has 2 nitrogen and oxygen atoms in total. The molecule has 280 valence electrons. The highest BCUT2D eigenvalue weighted by Crippen LogP contribution is 2.42. The van der Waals surface area contributed by atoms with E-state index in [9.17, 15) is 0 Å². The van der Waals surface area contributed by atoms with E-state index in [0.717, 1.165) is 56.0 Å². The molecule has 0 aliphatic rings. The summed E-state index contributed by atoms with van der Waals surface area (Å²) in [7, 11) is 0. The van der Waals surface area contributed by atoms with Gasteiger partial charge >= 0.3 is 0 Å². The Labute approximate surface area is 345 Å². The van der Waals surface area contributed by atoms with Crippen LogP contribution >= 0.6 is 0 Å². The lowest BCUT2D eigenvalue weighted by Gasteiger charge is -2.26. The van der Waals surface area contributed by atoms with Gasteiger partial charge in [-0.2, -0.15) is 0 Å². The molecule has 0 amide bonds. The molecule has 0 bridgehead atoms. The summed E-state index contributed by atoms with van der Waals surface area (Å²) in [6.07, 6.45) is 0. The minimum Gasteiger partial charge on any atom is -0.456 e. The number of hydrogen-bond donors (Lipinski definition) is 0. The fraction of sp³-hybridized carbons (Fsp3) is 0.0175. The van der Waals surface area contributed by atoms with Crippen molar-refractivity contribution < 1.29 is 4.42 Å². The van der Waals surface area contributed by atoms with E-state index in [4.69, 9.17) is 4.42 Å². The molecule has 9 aromatic carbocycles. The zero-order valence-electron chi connectivity index (χ0n) is 32.8. The van der Waals surface area contributed by atoms with Gasteiger partial charge in [0.1, 0.15) is 11.3 Å². The van der Waals surface area contributed by atoms with Crippen LogP contribution in [0.25, 0.3) is 77.9 Å². The standard InChI is InChI=1S/C57H41NO/c1-40-51-21-12-13-26-56(51)59-57(40)47-20-14-19-46(39-47)43-29-35-49(36-30-43)58(48-33-27-42(28-34-48)41-15-4-2-5-16-41)50-37-31-45(32-38-50)53-23-9-11-25-55(53)54-24-10-8-22-52(54)44-17-6-3-7-18-44/h2-39H,1H3. The molecule has 0 spiro atoms. The molecule has 10 aromatic rings. The second-order valence-corrected chi connectivity index (χ2v) is 14.9. The van der Waals surface area contributed by atoms with E-state index in [1.807, 2.05) is 12.1 Å². The van der Waals surface area contributed by atoms with Gasteiger partial charge in [0.25, 0.3) is 0 Å². The van der Waals surface area contributed by atoms with Gasteiger partial charge in [0.15, 0.2) is 0 Å². The maximum Gasteiger partial charge on any atom is 0.138 e.